The molecule has 0 bridgehead atoms. The summed E-state index contributed by atoms with van der Waals surface area (Å²) in [7, 11) is 0. The van der Waals surface area contributed by atoms with Crippen LogP contribution in [0.1, 0.15) is 30.0 Å². The molecule has 0 radical (unpaired) electrons. The minimum Gasteiger partial charge on any atom is -0.298 e. The van der Waals surface area contributed by atoms with Gasteiger partial charge in [0, 0.05) is 37.6 Å². The molecule has 3 nitrogen and oxygen atoms in total. The van der Waals surface area contributed by atoms with Crippen molar-refractivity contribution in [2.75, 3.05) is 13.1 Å². The molecule has 0 amide bonds. The third kappa shape index (κ3) is 3.20. The third-order valence-corrected chi connectivity index (χ3v) is 3.83. The molecule has 0 spiro atoms. The van der Waals surface area contributed by atoms with E-state index in [0.29, 0.717) is 5.92 Å². The molecule has 2 aromatic rings. The molecule has 0 saturated carbocycles. The summed E-state index contributed by atoms with van der Waals surface area (Å²) in [5.74, 6) is 0.280. The maximum atomic E-state index is 12.9. The van der Waals surface area contributed by atoms with E-state index in [2.05, 4.69) is 14.9 Å². The monoisotopic (exact) mass is 271 g/mol. The van der Waals surface area contributed by atoms with Gasteiger partial charge in [0.05, 0.1) is 5.69 Å². The molecule has 2 heterocycles. The Balaban J connectivity index is 1.65. The molecule has 0 unspecified atom stereocenters. The number of hydrogen-bond donors (Lipinski definition) is 0. The quantitative estimate of drug-likeness (QED) is 0.859. The molecule has 0 N–H and O–H groups in total. The Hall–Kier alpha value is -1.81. The van der Waals surface area contributed by atoms with Crippen LogP contribution in [-0.2, 0) is 6.54 Å². The highest BCUT2D eigenvalue weighted by Gasteiger charge is 2.22. The Morgan fingerprint density at radius 3 is 2.80 bits per heavy atom. The van der Waals surface area contributed by atoms with Gasteiger partial charge < -0.3 is 0 Å². The van der Waals surface area contributed by atoms with Gasteiger partial charge in [-0.25, -0.2) is 4.39 Å². The molecule has 20 heavy (non-hydrogen) atoms. The van der Waals surface area contributed by atoms with Gasteiger partial charge >= 0.3 is 0 Å². The van der Waals surface area contributed by atoms with E-state index in [1.807, 2.05) is 18.3 Å². The molecule has 104 valence electrons. The molecule has 1 aliphatic rings. The highest BCUT2D eigenvalue weighted by atomic mass is 19.1. The number of hydrogen-bond acceptors (Lipinski definition) is 3. The Kier molecular flexibility index (Phi) is 4.02. The summed E-state index contributed by atoms with van der Waals surface area (Å²) in [6.07, 6.45) is 7.67. The first-order chi connectivity index (χ1) is 9.81. The number of rotatable bonds is 3. The first-order valence-corrected chi connectivity index (χ1v) is 7.04. The van der Waals surface area contributed by atoms with Crippen molar-refractivity contribution in [2.45, 2.75) is 25.3 Å². The minimum absolute atomic E-state index is 0.176. The molecule has 0 aliphatic carbocycles. The second-order valence-corrected chi connectivity index (χ2v) is 5.33. The molecular weight excluding hydrogens is 253 g/mol. The molecule has 1 saturated heterocycles. The first-order valence-electron chi connectivity index (χ1n) is 7.04. The molecule has 1 aromatic carbocycles. The average Bonchev–Trinajstić information content (AvgIpc) is 2.51. The zero-order valence-corrected chi connectivity index (χ0v) is 11.4. The lowest BCUT2D eigenvalue weighted by Crippen LogP contribution is -2.34. The standard InChI is InChI=1S/C16H18FN3/c17-15-5-3-13(4-6-15)11-20-9-1-2-14(12-20)16-10-18-7-8-19-16/h3-8,10,14H,1-2,9,11-12H2/t14-/m0/s1. The second kappa shape index (κ2) is 6.09. The number of halogens is 1. The van der Waals surface area contributed by atoms with Crippen molar-refractivity contribution in [2.24, 2.45) is 0 Å². The average molecular weight is 271 g/mol. The van der Waals surface area contributed by atoms with Crippen LogP contribution in [0.5, 0.6) is 0 Å². The fourth-order valence-electron chi connectivity index (χ4n) is 2.81. The lowest BCUT2D eigenvalue weighted by Gasteiger charge is -2.32. The maximum absolute atomic E-state index is 12.9. The normalized spacial score (nSPS) is 19.9. The molecular formula is C16H18FN3. The van der Waals surface area contributed by atoms with Crippen molar-refractivity contribution in [1.29, 1.82) is 0 Å². The van der Waals surface area contributed by atoms with Gasteiger partial charge in [0.25, 0.3) is 0 Å². The number of aromatic nitrogens is 2. The third-order valence-electron chi connectivity index (χ3n) is 3.83. The Bertz CT molecular complexity index is 541. The maximum Gasteiger partial charge on any atom is 0.123 e. The molecule has 1 fully saturated rings. The minimum atomic E-state index is -0.176. The van der Waals surface area contributed by atoms with Crippen molar-refractivity contribution in [3.8, 4) is 0 Å². The van der Waals surface area contributed by atoms with Gasteiger partial charge in [0.1, 0.15) is 5.82 Å². The van der Waals surface area contributed by atoms with Crippen LogP contribution < -0.4 is 0 Å². The van der Waals surface area contributed by atoms with Gasteiger partial charge in [-0.2, -0.15) is 0 Å². The molecule has 1 aliphatic heterocycles. The highest BCUT2D eigenvalue weighted by Crippen LogP contribution is 2.25. The number of benzene rings is 1. The smallest absolute Gasteiger partial charge is 0.123 e. The summed E-state index contributed by atoms with van der Waals surface area (Å²) in [5.41, 5.74) is 2.24. The van der Waals surface area contributed by atoms with Gasteiger partial charge in [0.2, 0.25) is 0 Å². The SMILES string of the molecule is Fc1ccc(CN2CCC[C@H](c3cnccn3)C2)cc1. The lowest BCUT2D eigenvalue weighted by atomic mass is 9.94. The summed E-state index contributed by atoms with van der Waals surface area (Å²) in [6.45, 7) is 2.96. The lowest BCUT2D eigenvalue weighted by molar-refractivity contribution is 0.198. The fraction of sp³-hybridized carbons (Fsp3) is 0.375. The van der Waals surface area contributed by atoms with Crippen LogP contribution in [0.2, 0.25) is 0 Å². The molecule has 4 heteroatoms. The van der Waals surface area contributed by atoms with Crippen molar-refractivity contribution in [3.05, 3.63) is 59.9 Å². The zero-order chi connectivity index (χ0) is 13.8. The largest absolute Gasteiger partial charge is 0.298 e. The highest BCUT2D eigenvalue weighted by molar-refractivity contribution is 5.16. The Morgan fingerprint density at radius 1 is 1.20 bits per heavy atom. The van der Waals surface area contributed by atoms with Crippen LogP contribution in [0.4, 0.5) is 4.39 Å². The van der Waals surface area contributed by atoms with E-state index in [1.165, 1.54) is 25.0 Å². The van der Waals surface area contributed by atoms with Crippen LogP contribution in [0, 0.1) is 5.82 Å². The fourth-order valence-corrected chi connectivity index (χ4v) is 2.81. The van der Waals surface area contributed by atoms with Crippen LogP contribution in [-0.4, -0.2) is 28.0 Å². The van der Waals surface area contributed by atoms with E-state index < -0.39 is 0 Å². The summed E-state index contributed by atoms with van der Waals surface area (Å²) >= 11 is 0. The van der Waals surface area contributed by atoms with Crippen molar-refractivity contribution in [1.82, 2.24) is 14.9 Å². The van der Waals surface area contributed by atoms with E-state index in [0.717, 1.165) is 30.9 Å². The van der Waals surface area contributed by atoms with Crippen LogP contribution in [0.25, 0.3) is 0 Å². The number of piperidine rings is 1. The van der Waals surface area contributed by atoms with E-state index >= 15 is 0 Å². The van der Waals surface area contributed by atoms with E-state index in [4.69, 9.17) is 0 Å². The van der Waals surface area contributed by atoms with Crippen molar-refractivity contribution in [3.63, 3.8) is 0 Å². The van der Waals surface area contributed by atoms with E-state index in [-0.39, 0.29) is 5.82 Å². The van der Waals surface area contributed by atoms with Gasteiger partial charge in [-0.15, -0.1) is 0 Å². The van der Waals surface area contributed by atoms with Crippen molar-refractivity contribution < 1.29 is 4.39 Å². The van der Waals surface area contributed by atoms with Gasteiger partial charge in [-0.1, -0.05) is 12.1 Å². The van der Waals surface area contributed by atoms with Gasteiger partial charge in [0.15, 0.2) is 0 Å². The van der Waals surface area contributed by atoms with E-state index in [1.54, 1.807) is 12.4 Å². The van der Waals surface area contributed by atoms with Gasteiger partial charge in [-0.05, 0) is 37.1 Å². The molecule has 1 aromatic heterocycles. The summed E-state index contributed by atoms with van der Waals surface area (Å²) in [6, 6.07) is 6.78. The summed E-state index contributed by atoms with van der Waals surface area (Å²) < 4.78 is 12.9. The topological polar surface area (TPSA) is 29.0 Å². The number of likely N-dealkylation sites (tertiary alicyclic amines) is 1. The van der Waals surface area contributed by atoms with Crippen LogP contribution in [0.3, 0.4) is 0 Å². The summed E-state index contributed by atoms with van der Waals surface area (Å²) in [5, 5.41) is 0. The van der Waals surface area contributed by atoms with Crippen LogP contribution >= 0.6 is 0 Å². The van der Waals surface area contributed by atoms with Crippen LogP contribution in [0.15, 0.2) is 42.9 Å². The predicted octanol–water partition coefficient (Wildman–Crippen LogP) is 3.00. The Morgan fingerprint density at radius 2 is 2.05 bits per heavy atom. The Labute approximate surface area is 118 Å². The first kappa shape index (κ1) is 13.2. The van der Waals surface area contributed by atoms with Crippen molar-refractivity contribution >= 4 is 0 Å². The second-order valence-electron chi connectivity index (χ2n) is 5.33. The zero-order valence-electron chi connectivity index (χ0n) is 11.4. The predicted molar refractivity (Wildman–Crippen MR) is 75.7 cm³/mol. The van der Waals surface area contributed by atoms with E-state index in [9.17, 15) is 4.39 Å². The number of nitrogens with zero attached hydrogens (tertiary/aromatic N) is 3. The molecule has 3 rings (SSSR count). The van der Waals surface area contributed by atoms with Gasteiger partial charge in [-0.3, -0.25) is 14.9 Å². The summed E-state index contributed by atoms with van der Waals surface area (Å²) in [4.78, 5) is 11.0. The molecule has 1 atom stereocenters.